The minimum Gasteiger partial charge on any atom is -0.381 e. The third-order valence-corrected chi connectivity index (χ3v) is 0.489. The number of hydrogen-bond acceptors (Lipinski definition) is 1. The van der Waals surface area contributed by atoms with Gasteiger partial charge in [0.25, 0.3) is 0 Å². The Kier molecular flexibility index (Phi) is 4.93. The molecule has 0 N–H and O–H groups in total. The maximum atomic E-state index is 4.93. The van der Waals surface area contributed by atoms with Gasteiger partial charge in [0.2, 0.25) is 0 Å². The lowest BCUT2D eigenvalue weighted by molar-refractivity contribution is 0.169. The molecule has 1 nitrogen and oxygen atoms in total. The molecule has 0 aliphatic carbocycles. The predicted molar refractivity (Wildman–Crippen MR) is 26.5 cm³/mol. The lowest BCUT2D eigenvalue weighted by Crippen LogP contribution is -1.89. The van der Waals surface area contributed by atoms with E-state index in [1.165, 1.54) is 0 Å². The number of ether oxygens (including phenoxy) is 1. The highest BCUT2D eigenvalue weighted by Gasteiger charge is 1.73. The number of hydrogen-bond donors (Lipinski definition) is 0. The first-order valence-electron chi connectivity index (χ1n) is 2.27. The van der Waals surface area contributed by atoms with Crippen LogP contribution in [0.15, 0.2) is 0 Å². The second kappa shape index (κ2) is 4.96. The van der Waals surface area contributed by atoms with Crippen molar-refractivity contribution in [3.63, 3.8) is 0 Å². The molecule has 0 aromatic carbocycles. The summed E-state index contributed by atoms with van der Waals surface area (Å²) in [5.41, 5.74) is 0. The van der Waals surface area contributed by atoms with Crippen LogP contribution in [0.2, 0.25) is 0 Å². The highest BCUT2D eigenvalue weighted by Crippen LogP contribution is 1.74. The molecule has 37 valence electrons. The van der Waals surface area contributed by atoms with Crippen molar-refractivity contribution in [2.75, 3.05) is 13.2 Å². The van der Waals surface area contributed by atoms with E-state index in [-0.39, 0.29) is 0 Å². The molecule has 1 heteroatoms. The van der Waals surface area contributed by atoms with Crippen LogP contribution in [-0.4, -0.2) is 13.2 Å². The zero-order valence-electron chi connectivity index (χ0n) is 4.40. The van der Waals surface area contributed by atoms with E-state index in [4.69, 9.17) is 4.74 Å². The Morgan fingerprint density at radius 2 is 2.33 bits per heavy atom. The Hall–Kier alpha value is -0.0400. The van der Waals surface area contributed by atoms with E-state index in [9.17, 15) is 0 Å². The van der Waals surface area contributed by atoms with Crippen LogP contribution >= 0.6 is 0 Å². The monoisotopic (exact) mass is 87.1 g/mol. The molecule has 0 aliphatic heterocycles. The van der Waals surface area contributed by atoms with Gasteiger partial charge in [-0.3, -0.25) is 0 Å². The molecule has 0 spiro atoms. The molecule has 0 amide bonds. The van der Waals surface area contributed by atoms with Crippen LogP contribution in [0.4, 0.5) is 0 Å². The Morgan fingerprint density at radius 3 is 2.50 bits per heavy atom. The lowest BCUT2D eigenvalue weighted by Gasteiger charge is -1.91. The van der Waals surface area contributed by atoms with Crippen molar-refractivity contribution in [1.82, 2.24) is 0 Å². The summed E-state index contributed by atoms with van der Waals surface area (Å²) < 4.78 is 4.93. The van der Waals surface area contributed by atoms with Gasteiger partial charge in [0.05, 0.1) is 0 Å². The second-order valence-electron chi connectivity index (χ2n) is 1.07. The fourth-order valence-corrected chi connectivity index (χ4v) is 0.236. The molecular weight excluding hydrogens is 76.1 g/mol. The average molecular weight is 87.1 g/mol. The summed E-state index contributed by atoms with van der Waals surface area (Å²) >= 11 is 0. The van der Waals surface area contributed by atoms with Gasteiger partial charge in [-0.1, -0.05) is 6.92 Å². The summed E-state index contributed by atoms with van der Waals surface area (Å²) in [6.07, 6.45) is 1.99. The molecule has 0 saturated carbocycles. The van der Waals surface area contributed by atoms with Gasteiger partial charge in [-0.25, -0.2) is 0 Å². The van der Waals surface area contributed by atoms with E-state index in [1.807, 2.05) is 20.3 Å². The fraction of sp³-hybridized carbons (Fsp3) is 0.800. The molecule has 0 fully saturated rings. The molecule has 0 heterocycles. The van der Waals surface area contributed by atoms with Gasteiger partial charge in [-0.15, -0.1) is 0 Å². The Morgan fingerprint density at radius 1 is 1.67 bits per heavy atom. The van der Waals surface area contributed by atoms with E-state index < -0.39 is 0 Å². The standard InChI is InChI=1S/C5H11O/c1-3-5-6-4-2/h3H,4-5H2,1-2H3. The molecule has 0 bridgehead atoms. The predicted octanol–water partition coefficient (Wildman–Crippen LogP) is 1.25. The van der Waals surface area contributed by atoms with E-state index in [1.54, 1.807) is 0 Å². The molecule has 0 atom stereocenters. The first kappa shape index (κ1) is 5.96. The smallest absolute Gasteiger partial charge is 0.0494 e. The molecule has 0 saturated heterocycles. The van der Waals surface area contributed by atoms with E-state index in [0.29, 0.717) is 0 Å². The summed E-state index contributed by atoms with van der Waals surface area (Å²) in [5.74, 6) is 0. The van der Waals surface area contributed by atoms with Crippen molar-refractivity contribution in [3.8, 4) is 0 Å². The molecule has 0 aliphatic rings. The minimum atomic E-state index is 0.788. The lowest BCUT2D eigenvalue weighted by atomic mass is 10.5. The zero-order chi connectivity index (χ0) is 4.83. The van der Waals surface area contributed by atoms with Gasteiger partial charge in [-0.2, -0.15) is 0 Å². The van der Waals surface area contributed by atoms with E-state index in [0.717, 1.165) is 13.2 Å². The Labute approximate surface area is 39.3 Å². The fourth-order valence-electron chi connectivity index (χ4n) is 0.236. The summed E-state index contributed by atoms with van der Waals surface area (Å²) in [6, 6.07) is 0. The van der Waals surface area contributed by atoms with Crippen LogP contribution < -0.4 is 0 Å². The largest absolute Gasteiger partial charge is 0.381 e. The summed E-state index contributed by atoms with van der Waals surface area (Å²) in [6.45, 7) is 5.58. The molecular formula is C5H11O. The van der Waals surface area contributed by atoms with Crippen LogP contribution in [0.25, 0.3) is 0 Å². The highest BCUT2D eigenvalue weighted by molar-refractivity contribution is 4.49. The molecule has 6 heavy (non-hydrogen) atoms. The molecule has 0 aromatic heterocycles. The summed E-state index contributed by atoms with van der Waals surface area (Å²) in [5, 5.41) is 0. The Balaban J connectivity index is 2.34. The third kappa shape index (κ3) is 3.96. The van der Waals surface area contributed by atoms with Gasteiger partial charge >= 0.3 is 0 Å². The van der Waals surface area contributed by atoms with Crippen LogP contribution in [-0.2, 0) is 4.74 Å². The van der Waals surface area contributed by atoms with Gasteiger partial charge in [-0.05, 0) is 13.3 Å². The Bertz CT molecular complexity index is 15.9. The normalized spacial score (nSPS) is 9.00. The third-order valence-electron chi connectivity index (χ3n) is 0.489. The molecule has 1 radical (unpaired) electrons. The van der Waals surface area contributed by atoms with Crippen LogP contribution in [0.5, 0.6) is 0 Å². The molecule has 0 unspecified atom stereocenters. The summed E-state index contributed by atoms with van der Waals surface area (Å²) in [7, 11) is 0. The first-order valence-corrected chi connectivity index (χ1v) is 2.27. The van der Waals surface area contributed by atoms with E-state index in [2.05, 4.69) is 0 Å². The van der Waals surface area contributed by atoms with Crippen LogP contribution in [0, 0.1) is 6.42 Å². The van der Waals surface area contributed by atoms with Crippen molar-refractivity contribution in [2.24, 2.45) is 0 Å². The number of rotatable bonds is 3. The van der Waals surface area contributed by atoms with Crippen molar-refractivity contribution < 1.29 is 4.74 Å². The van der Waals surface area contributed by atoms with Crippen LogP contribution in [0.1, 0.15) is 13.8 Å². The van der Waals surface area contributed by atoms with Crippen molar-refractivity contribution in [3.05, 3.63) is 6.42 Å². The van der Waals surface area contributed by atoms with Crippen molar-refractivity contribution in [2.45, 2.75) is 13.8 Å². The average Bonchev–Trinajstić information content (AvgIpc) is 1.61. The summed E-state index contributed by atoms with van der Waals surface area (Å²) in [4.78, 5) is 0. The molecule has 0 rings (SSSR count). The maximum Gasteiger partial charge on any atom is 0.0494 e. The minimum absolute atomic E-state index is 0.788. The second-order valence-corrected chi connectivity index (χ2v) is 1.07. The van der Waals surface area contributed by atoms with Crippen molar-refractivity contribution >= 4 is 0 Å². The quantitative estimate of drug-likeness (QED) is 0.471. The van der Waals surface area contributed by atoms with Gasteiger partial charge in [0.1, 0.15) is 0 Å². The van der Waals surface area contributed by atoms with Crippen molar-refractivity contribution in [1.29, 1.82) is 0 Å². The maximum absolute atomic E-state index is 4.93. The van der Waals surface area contributed by atoms with E-state index >= 15 is 0 Å². The highest BCUT2D eigenvalue weighted by atomic mass is 16.5. The van der Waals surface area contributed by atoms with Gasteiger partial charge in [0, 0.05) is 13.2 Å². The molecule has 0 aromatic rings. The van der Waals surface area contributed by atoms with Gasteiger partial charge < -0.3 is 4.74 Å². The van der Waals surface area contributed by atoms with Gasteiger partial charge in [0.15, 0.2) is 0 Å². The first-order chi connectivity index (χ1) is 2.91. The zero-order valence-corrected chi connectivity index (χ0v) is 4.40. The van der Waals surface area contributed by atoms with Crippen LogP contribution in [0.3, 0.4) is 0 Å². The topological polar surface area (TPSA) is 9.23 Å². The SMILES string of the molecule is C[CH]COCC.